The molecule has 1 atom stereocenters. The molecule has 0 rings (SSSR count). The molecular formula is CH4IOPS. The van der Waals surface area contributed by atoms with E-state index in [4.69, 9.17) is 0 Å². The molecule has 0 aromatic rings. The molecule has 0 N–H and O–H groups in total. The Morgan fingerprint density at radius 3 is 2.20 bits per heavy atom. The van der Waals surface area contributed by atoms with E-state index in [1.165, 1.54) is 0 Å². The number of hydrogen-bond donors (Lipinski definition) is 1. The van der Waals surface area contributed by atoms with E-state index in [1.807, 2.05) is 29.3 Å². The summed E-state index contributed by atoms with van der Waals surface area (Å²) in [5.41, 5.74) is 0. The van der Waals surface area contributed by atoms with Crippen LogP contribution < -0.4 is 0 Å². The molecule has 0 aromatic carbocycles. The fraction of sp³-hybridized carbons (Fsp3) is 1.00. The van der Waals surface area contributed by atoms with Crippen molar-refractivity contribution in [1.29, 1.82) is 0 Å². The van der Waals surface area contributed by atoms with Crippen molar-refractivity contribution in [3.05, 3.63) is 0 Å². The van der Waals surface area contributed by atoms with Crippen molar-refractivity contribution in [1.82, 2.24) is 0 Å². The molecule has 1 nitrogen and oxygen atoms in total. The third kappa shape index (κ3) is 5.47. The van der Waals surface area contributed by atoms with Gasteiger partial charge >= 0.3 is 49.7 Å². The third-order valence-electron chi connectivity index (χ3n) is 0.0999. The molecule has 0 fully saturated rings. The second-order valence-corrected chi connectivity index (χ2v) is 4.47. The van der Waals surface area contributed by atoms with Gasteiger partial charge in [-0.05, 0) is 0 Å². The molecule has 0 amide bonds. The molecule has 0 saturated carbocycles. The first-order valence-electron chi connectivity index (χ1n) is 0.984. The molecule has 0 saturated heterocycles. The SMILES string of the molecule is C[SH](#P)OI. The summed E-state index contributed by atoms with van der Waals surface area (Å²) < 4.78 is 4.65. The van der Waals surface area contributed by atoms with Crippen LogP contribution in [0.4, 0.5) is 0 Å². The second kappa shape index (κ2) is 3.65. The summed E-state index contributed by atoms with van der Waals surface area (Å²) in [7, 11) is 3.52. The van der Waals surface area contributed by atoms with Crippen LogP contribution in [0, 0.1) is 0 Å². The Kier molecular flexibility index (Phi) is 4.73. The Morgan fingerprint density at radius 2 is 2.20 bits per heavy atom. The molecule has 0 aromatic heterocycles. The molecule has 0 aliphatic rings. The Bertz CT molecular complexity index is 73.5. The van der Waals surface area contributed by atoms with Crippen LogP contribution in [0.1, 0.15) is 0 Å². The van der Waals surface area contributed by atoms with Gasteiger partial charge in [-0.15, -0.1) is 0 Å². The van der Waals surface area contributed by atoms with Gasteiger partial charge in [0, 0.05) is 0 Å². The van der Waals surface area contributed by atoms with Crippen molar-refractivity contribution in [2.75, 3.05) is 6.26 Å². The Balaban J connectivity index is 2.97. The minimum absolute atomic E-state index is 0.417. The van der Waals surface area contributed by atoms with Gasteiger partial charge in [-0.2, -0.15) is 0 Å². The summed E-state index contributed by atoms with van der Waals surface area (Å²) in [6, 6.07) is 0. The molecule has 4 heteroatoms. The van der Waals surface area contributed by atoms with Crippen LogP contribution in [-0.2, 0) is 2.51 Å². The van der Waals surface area contributed by atoms with Gasteiger partial charge in [0.25, 0.3) is 0 Å². The van der Waals surface area contributed by atoms with Gasteiger partial charge in [0.1, 0.15) is 0 Å². The van der Waals surface area contributed by atoms with Gasteiger partial charge in [0.2, 0.25) is 0 Å². The molecule has 0 aliphatic carbocycles. The quantitative estimate of drug-likeness (QED) is 0.375. The van der Waals surface area contributed by atoms with E-state index in [0.717, 1.165) is 0 Å². The van der Waals surface area contributed by atoms with Gasteiger partial charge in [-0.3, -0.25) is 0 Å². The molecule has 0 aliphatic heterocycles. The van der Waals surface area contributed by atoms with Crippen LogP contribution >= 0.6 is 41.0 Å². The number of thiol groups is 1. The first-order valence-corrected chi connectivity index (χ1v) is 4.72. The van der Waals surface area contributed by atoms with Crippen molar-refractivity contribution in [3.8, 4) is 0 Å². The van der Waals surface area contributed by atoms with Gasteiger partial charge in [0.15, 0.2) is 0 Å². The van der Waals surface area contributed by atoms with E-state index in [1.54, 1.807) is 0 Å². The number of rotatable bonds is 0. The zero-order valence-corrected chi connectivity index (χ0v) is 6.63. The Hall–Kier alpha value is 1.47. The molecule has 0 radical (unpaired) electrons. The molecule has 0 heterocycles. The summed E-state index contributed by atoms with van der Waals surface area (Å²) in [5.74, 6) is 0. The number of hydrogen-bond acceptors (Lipinski definition) is 1. The summed E-state index contributed by atoms with van der Waals surface area (Å²) in [4.78, 5) is 0. The van der Waals surface area contributed by atoms with Crippen LogP contribution in [0.25, 0.3) is 0 Å². The van der Waals surface area contributed by atoms with E-state index < -0.39 is 10.2 Å². The van der Waals surface area contributed by atoms with Crippen molar-refractivity contribution in [3.63, 3.8) is 0 Å². The van der Waals surface area contributed by atoms with Gasteiger partial charge < -0.3 is 0 Å². The molecular weight excluding hydrogens is 218 g/mol. The standard InChI is InChI=1S/CH4IOPS/c1-5(4)3-2/h5H,1H3. The van der Waals surface area contributed by atoms with Gasteiger partial charge in [-0.1, -0.05) is 0 Å². The van der Waals surface area contributed by atoms with E-state index in [2.05, 4.69) is 10.3 Å². The van der Waals surface area contributed by atoms with E-state index in [0.29, 0.717) is 0 Å². The molecule has 0 bridgehead atoms. The van der Waals surface area contributed by atoms with E-state index >= 15 is 0 Å². The average molecular weight is 222 g/mol. The zero-order valence-electron chi connectivity index (χ0n) is 2.68. The Labute approximate surface area is 49.8 Å². The van der Waals surface area contributed by atoms with Crippen LogP contribution in [0.2, 0.25) is 0 Å². The van der Waals surface area contributed by atoms with E-state index in [-0.39, 0.29) is 0 Å². The first kappa shape index (κ1) is 6.47. The third-order valence-corrected chi connectivity index (χ3v) is 3.25. The first-order chi connectivity index (χ1) is 2.27. The molecule has 32 valence electrons. The van der Waals surface area contributed by atoms with Crippen molar-refractivity contribution >= 4 is 41.0 Å². The van der Waals surface area contributed by atoms with E-state index in [9.17, 15) is 0 Å². The van der Waals surface area contributed by atoms with Gasteiger partial charge in [0.05, 0.1) is 0 Å². The topological polar surface area (TPSA) is 9.23 Å². The fourth-order valence-electron chi connectivity index (χ4n) is 0. The second-order valence-electron chi connectivity index (χ2n) is 0.533. The fourth-order valence-corrected chi connectivity index (χ4v) is 0. The summed E-state index contributed by atoms with van der Waals surface area (Å²) in [6.07, 6.45) is 1.92. The van der Waals surface area contributed by atoms with Crippen LogP contribution in [0.15, 0.2) is 0 Å². The summed E-state index contributed by atoms with van der Waals surface area (Å²) in [5, 5.41) is 0. The molecule has 0 spiro atoms. The average Bonchev–Trinajstić information content (AvgIpc) is 1.38. The number of halogens is 1. The summed E-state index contributed by atoms with van der Waals surface area (Å²) in [6.45, 7) is 0. The van der Waals surface area contributed by atoms with Crippen molar-refractivity contribution in [2.45, 2.75) is 0 Å². The normalized spacial score (nSPS) is 14.6. The van der Waals surface area contributed by atoms with Crippen molar-refractivity contribution < 1.29 is 2.51 Å². The predicted octanol–water partition coefficient (Wildman–Crippen LogP) is 2.22. The van der Waals surface area contributed by atoms with Crippen LogP contribution in [-0.4, -0.2) is 6.26 Å². The summed E-state index contributed by atoms with van der Waals surface area (Å²) >= 11 is 1.83. The van der Waals surface area contributed by atoms with Crippen molar-refractivity contribution in [2.24, 2.45) is 0 Å². The van der Waals surface area contributed by atoms with Crippen LogP contribution in [0.3, 0.4) is 0 Å². The van der Waals surface area contributed by atoms with Gasteiger partial charge in [-0.25, -0.2) is 0 Å². The minimum atomic E-state index is -0.417. The van der Waals surface area contributed by atoms with Crippen LogP contribution in [0.5, 0.6) is 0 Å². The maximum atomic E-state index is 4.65. The predicted molar refractivity (Wildman–Crippen MR) is 36.9 cm³/mol. The molecule has 5 heavy (non-hydrogen) atoms. The zero-order chi connectivity index (χ0) is 4.28. The monoisotopic (exact) mass is 222 g/mol. The Morgan fingerprint density at radius 1 is 2.00 bits per heavy atom. The molecule has 1 unspecified atom stereocenters. The maximum absolute atomic E-state index is 4.65.